The average Bonchev–Trinajstić information content (AvgIpc) is 2.46. The Bertz CT molecular complexity index is 499. The predicted octanol–water partition coefficient (Wildman–Crippen LogP) is 2.91. The van der Waals surface area contributed by atoms with Gasteiger partial charge in [0.15, 0.2) is 0 Å². The number of piperidine rings is 1. The first-order chi connectivity index (χ1) is 10.1. The Morgan fingerprint density at radius 1 is 1.33 bits per heavy atom. The molecule has 0 unspecified atom stereocenters. The summed E-state index contributed by atoms with van der Waals surface area (Å²) in [4.78, 5) is 2.35. The number of nitriles is 1. The van der Waals surface area contributed by atoms with E-state index in [0.29, 0.717) is 11.6 Å². The fourth-order valence-corrected chi connectivity index (χ4v) is 2.82. The van der Waals surface area contributed by atoms with Crippen molar-refractivity contribution in [2.45, 2.75) is 39.3 Å². The van der Waals surface area contributed by atoms with Crippen LogP contribution < -0.4 is 5.32 Å². The van der Waals surface area contributed by atoms with Crippen molar-refractivity contribution >= 4 is 0 Å². The van der Waals surface area contributed by atoms with Crippen LogP contribution in [0.3, 0.4) is 0 Å². The summed E-state index contributed by atoms with van der Waals surface area (Å²) in [5.74, 6) is 0.422. The quantitative estimate of drug-likeness (QED) is 0.906. The molecule has 0 atom stereocenters. The zero-order valence-electron chi connectivity index (χ0n) is 12.9. The van der Waals surface area contributed by atoms with Crippen molar-refractivity contribution in [3.8, 4) is 6.07 Å². The van der Waals surface area contributed by atoms with E-state index in [1.165, 1.54) is 25.0 Å². The zero-order chi connectivity index (χ0) is 15.2. The summed E-state index contributed by atoms with van der Waals surface area (Å²) in [6, 6.07) is 7.16. The second-order valence-electron chi connectivity index (χ2n) is 6.24. The van der Waals surface area contributed by atoms with Crippen LogP contribution in [0.2, 0.25) is 0 Å². The van der Waals surface area contributed by atoms with Gasteiger partial charge >= 0.3 is 0 Å². The van der Waals surface area contributed by atoms with Gasteiger partial charge in [-0.1, -0.05) is 13.8 Å². The van der Waals surface area contributed by atoms with E-state index in [9.17, 15) is 4.39 Å². The van der Waals surface area contributed by atoms with Crippen molar-refractivity contribution in [2.75, 3.05) is 19.6 Å². The van der Waals surface area contributed by atoms with Gasteiger partial charge < -0.3 is 5.32 Å². The topological polar surface area (TPSA) is 39.1 Å². The molecule has 114 valence electrons. The molecule has 0 saturated carbocycles. The number of nitrogens with zero attached hydrogens (tertiary/aromatic N) is 2. The van der Waals surface area contributed by atoms with Gasteiger partial charge in [0, 0.05) is 12.6 Å². The van der Waals surface area contributed by atoms with E-state index in [1.807, 2.05) is 6.07 Å². The van der Waals surface area contributed by atoms with Crippen molar-refractivity contribution in [1.29, 1.82) is 5.26 Å². The highest BCUT2D eigenvalue weighted by Gasteiger charge is 2.19. The van der Waals surface area contributed by atoms with Crippen molar-refractivity contribution in [1.82, 2.24) is 10.2 Å². The molecule has 0 bridgehead atoms. The average molecular weight is 289 g/mol. The van der Waals surface area contributed by atoms with Crippen LogP contribution >= 0.6 is 0 Å². The summed E-state index contributed by atoms with van der Waals surface area (Å²) < 4.78 is 13.4. The molecule has 1 saturated heterocycles. The SMILES string of the molecule is CC(C)NCC1CCN(Cc2cc(F)cc(C#N)c2)CC1. The summed E-state index contributed by atoms with van der Waals surface area (Å²) in [7, 11) is 0. The van der Waals surface area contributed by atoms with Crippen molar-refractivity contribution in [3.05, 3.63) is 35.1 Å². The molecule has 21 heavy (non-hydrogen) atoms. The van der Waals surface area contributed by atoms with E-state index in [4.69, 9.17) is 5.26 Å². The van der Waals surface area contributed by atoms with Crippen LogP contribution in [0, 0.1) is 23.1 Å². The lowest BCUT2D eigenvalue weighted by molar-refractivity contribution is 0.174. The lowest BCUT2D eigenvalue weighted by Gasteiger charge is -2.32. The number of halogens is 1. The minimum absolute atomic E-state index is 0.319. The summed E-state index contributed by atoms with van der Waals surface area (Å²) in [5.41, 5.74) is 1.30. The molecule has 0 aromatic heterocycles. The third kappa shape index (κ3) is 5.11. The van der Waals surface area contributed by atoms with Crippen LogP contribution in [0.15, 0.2) is 18.2 Å². The van der Waals surface area contributed by atoms with Crippen LogP contribution in [0.25, 0.3) is 0 Å². The Morgan fingerprint density at radius 3 is 2.67 bits per heavy atom. The van der Waals surface area contributed by atoms with Gasteiger partial charge in [-0.05, 0) is 62.2 Å². The Morgan fingerprint density at radius 2 is 2.05 bits per heavy atom. The van der Waals surface area contributed by atoms with Crippen LogP contribution in [0.4, 0.5) is 4.39 Å². The monoisotopic (exact) mass is 289 g/mol. The van der Waals surface area contributed by atoms with Gasteiger partial charge in [-0.15, -0.1) is 0 Å². The molecule has 0 spiro atoms. The van der Waals surface area contributed by atoms with Crippen LogP contribution in [0.5, 0.6) is 0 Å². The summed E-state index contributed by atoms with van der Waals surface area (Å²) in [6.45, 7) is 8.25. The third-order valence-electron chi connectivity index (χ3n) is 4.01. The second kappa shape index (κ2) is 7.53. The van der Waals surface area contributed by atoms with Gasteiger partial charge in [-0.25, -0.2) is 4.39 Å². The maximum absolute atomic E-state index is 13.4. The van der Waals surface area contributed by atoms with Gasteiger partial charge in [0.2, 0.25) is 0 Å². The molecule has 4 heteroatoms. The maximum atomic E-state index is 13.4. The highest BCUT2D eigenvalue weighted by molar-refractivity contribution is 5.33. The number of likely N-dealkylation sites (tertiary alicyclic amines) is 1. The first kappa shape index (κ1) is 15.9. The minimum atomic E-state index is -0.319. The molecular weight excluding hydrogens is 265 g/mol. The van der Waals surface area contributed by atoms with E-state index in [-0.39, 0.29) is 5.82 Å². The Hall–Kier alpha value is -1.44. The van der Waals surface area contributed by atoms with Crippen LogP contribution in [0.1, 0.15) is 37.8 Å². The largest absolute Gasteiger partial charge is 0.314 e. The second-order valence-corrected chi connectivity index (χ2v) is 6.24. The summed E-state index contributed by atoms with van der Waals surface area (Å²) in [6.07, 6.45) is 2.36. The maximum Gasteiger partial charge on any atom is 0.124 e. The van der Waals surface area contributed by atoms with Crippen LogP contribution in [-0.2, 0) is 6.54 Å². The lowest BCUT2D eigenvalue weighted by atomic mass is 9.96. The fraction of sp³-hybridized carbons (Fsp3) is 0.588. The zero-order valence-corrected chi connectivity index (χ0v) is 12.9. The first-order valence-corrected chi connectivity index (χ1v) is 7.72. The molecule has 0 amide bonds. The highest BCUT2D eigenvalue weighted by Crippen LogP contribution is 2.19. The van der Waals surface area contributed by atoms with Gasteiger partial charge in [0.05, 0.1) is 11.6 Å². The number of nitrogens with one attached hydrogen (secondary N) is 1. The Balaban J connectivity index is 1.83. The highest BCUT2D eigenvalue weighted by atomic mass is 19.1. The van der Waals surface area contributed by atoms with Crippen molar-refractivity contribution in [2.24, 2.45) is 5.92 Å². The molecule has 1 aliphatic rings. The molecule has 1 N–H and O–H groups in total. The molecule has 3 nitrogen and oxygen atoms in total. The smallest absolute Gasteiger partial charge is 0.124 e. The van der Waals surface area contributed by atoms with E-state index < -0.39 is 0 Å². The van der Waals surface area contributed by atoms with E-state index in [1.54, 1.807) is 6.07 Å². The van der Waals surface area contributed by atoms with E-state index in [2.05, 4.69) is 24.1 Å². The standard InChI is InChI=1S/C17H24FN3/c1-13(2)20-11-14-3-5-21(6-4-14)12-16-7-15(10-19)8-17(18)9-16/h7-9,13-14,20H,3-6,11-12H2,1-2H3. The molecule has 0 aliphatic carbocycles. The molecule has 1 heterocycles. The molecule has 1 aromatic rings. The van der Waals surface area contributed by atoms with Crippen LogP contribution in [-0.4, -0.2) is 30.6 Å². The van der Waals surface area contributed by atoms with Crippen molar-refractivity contribution in [3.63, 3.8) is 0 Å². The lowest BCUT2D eigenvalue weighted by Crippen LogP contribution is -2.38. The summed E-state index contributed by atoms with van der Waals surface area (Å²) in [5, 5.41) is 12.4. The predicted molar refractivity (Wildman–Crippen MR) is 82.3 cm³/mol. The Kier molecular flexibility index (Phi) is 5.72. The molecule has 0 radical (unpaired) electrons. The fourth-order valence-electron chi connectivity index (χ4n) is 2.82. The van der Waals surface area contributed by atoms with E-state index >= 15 is 0 Å². The number of hydrogen-bond donors (Lipinski definition) is 1. The molecule has 1 fully saturated rings. The first-order valence-electron chi connectivity index (χ1n) is 7.72. The van der Waals surface area contributed by atoms with Gasteiger partial charge in [0.25, 0.3) is 0 Å². The van der Waals surface area contributed by atoms with Gasteiger partial charge in [0.1, 0.15) is 5.82 Å². The number of rotatable bonds is 5. The Labute approximate surface area is 126 Å². The van der Waals surface area contributed by atoms with Gasteiger partial charge in [-0.3, -0.25) is 4.90 Å². The van der Waals surface area contributed by atoms with Crippen molar-refractivity contribution < 1.29 is 4.39 Å². The molecule has 1 aromatic carbocycles. The van der Waals surface area contributed by atoms with E-state index in [0.717, 1.165) is 37.7 Å². The molecule has 1 aliphatic heterocycles. The molecule has 2 rings (SSSR count). The third-order valence-corrected chi connectivity index (χ3v) is 4.01. The minimum Gasteiger partial charge on any atom is -0.314 e. The molecular formula is C17H24FN3. The number of benzene rings is 1. The summed E-state index contributed by atoms with van der Waals surface area (Å²) >= 11 is 0. The van der Waals surface area contributed by atoms with Gasteiger partial charge in [-0.2, -0.15) is 5.26 Å². The normalized spacial score (nSPS) is 17.1. The number of hydrogen-bond acceptors (Lipinski definition) is 3.